The Hall–Kier alpha value is -0.930. The summed E-state index contributed by atoms with van der Waals surface area (Å²) in [6.45, 7) is 5.68. The van der Waals surface area contributed by atoms with E-state index in [1.165, 1.54) is 5.56 Å². The van der Waals surface area contributed by atoms with E-state index >= 15 is 0 Å². The number of likely N-dealkylation sites (N-methyl/N-ethyl adjacent to an activating group) is 1. The molecule has 90 valence electrons. The number of hydrogen-bond donors (Lipinski definition) is 1. The highest BCUT2D eigenvalue weighted by molar-refractivity contribution is 5.13. The molecule has 0 saturated heterocycles. The lowest BCUT2D eigenvalue weighted by Crippen LogP contribution is -2.29. The van der Waals surface area contributed by atoms with Crippen LogP contribution in [0.2, 0.25) is 0 Å². The van der Waals surface area contributed by atoms with Gasteiger partial charge in [-0.1, -0.05) is 6.07 Å². The number of rotatable bonds is 7. The Morgan fingerprint density at radius 2 is 2.25 bits per heavy atom. The van der Waals surface area contributed by atoms with Gasteiger partial charge in [0.25, 0.3) is 0 Å². The Bertz CT molecular complexity index is 284. The predicted molar refractivity (Wildman–Crippen MR) is 66.6 cm³/mol. The van der Waals surface area contributed by atoms with Gasteiger partial charge >= 0.3 is 0 Å². The third kappa shape index (κ3) is 4.73. The minimum Gasteiger partial charge on any atom is -0.382 e. The molecular weight excluding hydrogens is 200 g/mol. The average Bonchev–Trinajstić information content (AvgIpc) is 2.31. The van der Waals surface area contributed by atoms with Crippen LogP contribution < -0.4 is 5.32 Å². The van der Waals surface area contributed by atoms with Gasteiger partial charge < -0.3 is 10.1 Å². The van der Waals surface area contributed by atoms with Gasteiger partial charge in [0.2, 0.25) is 0 Å². The van der Waals surface area contributed by atoms with Crippen LogP contribution in [0.4, 0.5) is 0 Å². The van der Waals surface area contributed by atoms with E-state index in [4.69, 9.17) is 4.74 Å². The third-order valence-corrected chi connectivity index (χ3v) is 2.65. The lowest BCUT2D eigenvalue weighted by Gasteiger charge is -2.15. The molecule has 0 amide bonds. The monoisotopic (exact) mass is 222 g/mol. The molecule has 1 aromatic rings. The molecular formula is C13H22N2O. The molecule has 3 heteroatoms. The van der Waals surface area contributed by atoms with E-state index in [0.29, 0.717) is 6.04 Å². The second-order valence-corrected chi connectivity index (χ2v) is 4.00. The molecule has 1 N–H and O–H groups in total. The normalized spacial score (nSPS) is 12.7. The molecule has 0 aliphatic heterocycles. The average molecular weight is 222 g/mol. The van der Waals surface area contributed by atoms with Crippen LogP contribution in [0.15, 0.2) is 18.3 Å². The molecule has 1 heterocycles. The maximum absolute atomic E-state index is 5.36. The van der Waals surface area contributed by atoms with Crippen LogP contribution in [0.5, 0.6) is 0 Å². The van der Waals surface area contributed by atoms with Crippen molar-refractivity contribution in [1.29, 1.82) is 0 Å². The second-order valence-electron chi connectivity index (χ2n) is 4.00. The molecule has 1 unspecified atom stereocenters. The van der Waals surface area contributed by atoms with Gasteiger partial charge in [-0.15, -0.1) is 0 Å². The Balaban J connectivity index is 2.40. The zero-order valence-electron chi connectivity index (χ0n) is 10.5. The highest BCUT2D eigenvalue weighted by Crippen LogP contribution is 2.04. The van der Waals surface area contributed by atoms with Gasteiger partial charge in [-0.3, -0.25) is 4.98 Å². The van der Waals surface area contributed by atoms with Crippen molar-refractivity contribution in [3.63, 3.8) is 0 Å². The van der Waals surface area contributed by atoms with Crippen molar-refractivity contribution >= 4 is 0 Å². The number of hydrogen-bond acceptors (Lipinski definition) is 3. The summed E-state index contributed by atoms with van der Waals surface area (Å²) in [4.78, 5) is 4.41. The quantitative estimate of drug-likeness (QED) is 0.716. The van der Waals surface area contributed by atoms with Crippen LogP contribution in [0.25, 0.3) is 0 Å². The minimum atomic E-state index is 0.446. The molecule has 0 bridgehead atoms. The lowest BCUT2D eigenvalue weighted by atomic mass is 10.1. The van der Waals surface area contributed by atoms with Crippen molar-refractivity contribution in [3.8, 4) is 0 Å². The molecule has 3 nitrogen and oxygen atoms in total. The molecule has 16 heavy (non-hydrogen) atoms. The summed E-state index contributed by atoms with van der Waals surface area (Å²) in [5.74, 6) is 0. The molecule has 0 aromatic carbocycles. The third-order valence-electron chi connectivity index (χ3n) is 2.65. The molecule has 0 radical (unpaired) electrons. The van der Waals surface area contributed by atoms with Crippen LogP contribution in [-0.4, -0.2) is 31.3 Å². The van der Waals surface area contributed by atoms with Gasteiger partial charge in [-0.05, 0) is 38.9 Å². The van der Waals surface area contributed by atoms with Crippen molar-refractivity contribution in [3.05, 3.63) is 29.6 Å². The highest BCUT2D eigenvalue weighted by Gasteiger charge is 2.07. The van der Waals surface area contributed by atoms with Crippen LogP contribution in [-0.2, 0) is 11.2 Å². The van der Waals surface area contributed by atoms with Crippen LogP contribution in [0.3, 0.4) is 0 Å². The highest BCUT2D eigenvalue weighted by atomic mass is 16.5. The van der Waals surface area contributed by atoms with E-state index < -0.39 is 0 Å². The van der Waals surface area contributed by atoms with E-state index in [0.717, 1.165) is 31.7 Å². The Morgan fingerprint density at radius 3 is 2.81 bits per heavy atom. The maximum Gasteiger partial charge on any atom is 0.0480 e. The van der Waals surface area contributed by atoms with Crippen molar-refractivity contribution < 1.29 is 4.74 Å². The number of nitrogens with one attached hydrogen (secondary N) is 1. The Morgan fingerprint density at radius 1 is 1.44 bits per heavy atom. The van der Waals surface area contributed by atoms with Gasteiger partial charge in [0.1, 0.15) is 0 Å². The minimum absolute atomic E-state index is 0.446. The number of aromatic nitrogens is 1. The molecule has 0 aliphatic rings. The van der Waals surface area contributed by atoms with Gasteiger partial charge in [-0.25, -0.2) is 0 Å². The fraction of sp³-hybridized carbons (Fsp3) is 0.615. The number of aryl methyl sites for hydroxylation is 1. The van der Waals surface area contributed by atoms with Gasteiger partial charge in [0.05, 0.1) is 0 Å². The summed E-state index contributed by atoms with van der Waals surface area (Å²) >= 11 is 0. The first-order chi connectivity index (χ1) is 7.76. The van der Waals surface area contributed by atoms with E-state index in [-0.39, 0.29) is 0 Å². The molecule has 0 aliphatic carbocycles. The number of pyridine rings is 1. The van der Waals surface area contributed by atoms with E-state index in [1.54, 1.807) is 0 Å². The van der Waals surface area contributed by atoms with E-state index in [2.05, 4.69) is 29.4 Å². The first-order valence-corrected chi connectivity index (χ1v) is 5.92. The van der Waals surface area contributed by atoms with Crippen molar-refractivity contribution in [2.45, 2.75) is 32.7 Å². The zero-order valence-corrected chi connectivity index (χ0v) is 10.5. The fourth-order valence-electron chi connectivity index (χ4n) is 1.59. The first kappa shape index (κ1) is 13.1. The largest absolute Gasteiger partial charge is 0.382 e. The predicted octanol–water partition coefficient (Wildman–Crippen LogP) is 1.95. The van der Waals surface area contributed by atoms with E-state index in [9.17, 15) is 0 Å². The number of nitrogens with zero attached hydrogens (tertiary/aromatic N) is 1. The summed E-state index contributed by atoms with van der Waals surface area (Å²) in [6.07, 6.45) is 3.91. The van der Waals surface area contributed by atoms with Crippen LogP contribution in [0, 0.1) is 6.92 Å². The van der Waals surface area contributed by atoms with Crippen LogP contribution in [0.1, 0.15) is 24.6 Å². The summed E-state index contributed by atoms with van der Waals surface area (Å²) in [6, 6.07) is 4.65. The van der Waals surface area contributed by atoms with Gasteiger partial charge in [0.15, 0.2) is 0 Å². The smallest absolute Gasteiger partial charge is 0.0480 e. The Kier molecular flexibility index (Phi) is 6.04. The molecule has 1 atom stereocenters. The van der Waals surface area contributed by atoms with Gasteiger partial charge in [0, 0.05) is 37.6 Å². The van der Waals surface area contributed by atoms with Gasteiger partial charge in [-0.2, -0.15) is 0 Å². The molecule has 0 saturated carbocycles. The summed E-state index contributed by atoms with van der Waals surface area (Å²) < 4.78 is 5.36. The van der Waals surface area contributed by atoms with Crippen molar-refractivity contribution in [2.24, 2.45) is 0 Å². The first-order valence-electron chi connectivity index (χ1n) is 5.92. The molecule has 1 aromatic heterocycles. The standard InChI is InChI=1S/C13H22N2O/c1-4-16-8-7-12(14-3)9-13-6-5-11(2)10-15-13/h5-6,10,12,14H,4,7-9H2,1-3H3. The molecule has 1 rings (SSSR count). The lowest BCUT2D eigenvalue weighted by molar-refractivity contribution is 0.137. The molecule has 0 fully saturated rings. The van der Waals surface area contributed by atoms with Crippen molar-refractivity contribution in [1.82, 2.24) is 10.3 Å². The maximum atomic E-state index is 5.36. The fourth-order valence-corrected chi connectivity index (χ4v) is 1.59. The zero-order chi connectivity index (χ0) is 11.8. The number of ether oxygens (including phenoxy) is 1. The van der Waals surface area contributed by atoms with Crippen LogP contribution >= 0.6 is 0 Å². The second kappa shape index (κ2) is 7.36. The summed E-state index contributed by atoms with van der Waals surface area (Å²) in [5.41, 5.74) is 2.35. The van der Waals surface area contributed by atoms with Crippen molar-refractivity contribution in [2.75, 3.05) is 20.3 Å². The topological polar surface area (TPSA) is 34.1 Å². The molecule has 0 spiro atoms. The summed E-state index contributed by atoms with van der Waals surface area (Å²) in [7, 11) is 1.99. The van der Waals surface area contributed by atoms with E-state index in [1.807, 2.05) is 20.2 Å². The Labute approximate surface area is 98.2 Å². The summed E-state index contributed by atoms with van der Waals surface area (Å²) in [5, 5.41) is 3.30. The SMILES string of the molecule is CCOCCC(Cc1ccc(C)cn1)NC.